The molecule has 106 valence electrons. The summed E-state index contributed by atoms with van der Waals surface area (Å²) in [6.45, 7) is 0.892. The molecule has 0 atom stereocenters. The first-order chi connectivity index (χ1) is 9.74. The lowest BCUT2D eigenvalue weighted by molar-refractivity contribution is 0.307. The van der Waals surface area contributed by atoms with Gasteiger partial charge in [-0.15, -0.1) is 5.10 Å². The summed E-state index contributed by atoms with van der Waals surface area (Å²) in [5, 5.41) is 12.2. The van der Waals surface area contributed by atoms with E-state index in [2.05, 4.69) is 31.5 Å². The molecular formula is C14H18BrN5. The fourth-order valence-electron chi connectivity index (χ4n) is 2.85. The quantitative estimate of drug-likeness (QED) is 0.874. The Balaban J connectivity index is 1.87. The lowest BCUT2D eigenvalue weighted by Gasteiger charge is -2.21. The third-order valence-corrected chi connectivity index (χ3v) is 4.61. The Hall–Kier alpha value is -1.43. The van der Waals surface area contributed by atoms with E-state index >= 15 is 0 Å². The first-order valence-corrected chi connectivity index (χ1v) is 7.85. The standard InChI is InChI=1S/C14H18BrN5/c15-13-7-6-11(16)8-12(13)14-17-18-19-20(14)9-10-4-2-1-3-5-10/h6-8,10H,1-5,9,16H2. The van der Waals surface area contributed by atoms with Gasteiger partial charge in [-0.05, 0) is 47.4 Å². The van der Waals surface area contributed by atoms with Gasteiger partial charge < -0.3 is 5.73 Å². The second-order valence-corrected chi connectivity index (χ2v) is 6.28. The van der Waals surface area contributed by atoms with E-state index in [4.69, 9.17) is 5.73 Å². The van der Waals surface area contributed by atoms with Crippen LogP contribution in [0.5, 0.6) is 0 Å². The Morgan fingerprint density at radius 1 is 1.25 bits per heavy atom. The van der Waals surface area contributed by atoms with Crippen LogP contribution < -0.4 is 5.73 Å². The minimum Gasteiger partial charge on any atom is -0.399 e. The highest BCUT2D eigenvalue weighted by molar-refractivity contribution is 9.10. The van der Waals surface area contributed by atoms with Crippen LogP contribution in [0.1, 0.15) is 32.1 Å². The Labute approximate surface area is 126 Å². The molecule has 1 aliphatic rings. The molecule has 2 aromatic rings. The number of nitrogens with two attached hydrogens (primary N) is 1. The summed E-state index contributed by atoms with van der Waals surface area (Å²) in [6.07, 6.45) is 6.56. The zero-order chi connectivity index (χ0) is 13.9. The molecule has 0 radical (unpaired) electrons. The molecule has 1 aromatic carbocycles. The van der Waals surface area contributed by atoms with E-state index in [9.17, 15) is 0 Å². The molecule has 1 heterocycles. The van der Waals surface area contributed by atoms with Gasteiger partial charge in [-0.2, -0.15) is 0 Å². The number of hydrogen-bond acceptors (Lipinski definition) is 4. The zero-order valence-corrected chi connectivity index (χ0v) is 12.9. The van der Waals surface area contributed by atoms with Crippen molar-refractivity contribution in [3.05, 3.63) is 22.7 Å². The van der Waals surface area contributed by atoms with Crippen molar-refractivity contribution in [2.24, 2.45) is 5.92 Å². The normalized spacial score (nSPS) is 16.4. The van der Waals surface area contributed by atoms with Crippen LogP contribution in [0.25, 0.3) is 11.4 Å². The lowest BCUT2D eigenvalue weighted by atomic mass is 9.89. The molecule has 20 heavy (non-hydrogen) atoms. The van der Waals surface area contributed by atoms with E-state index in [1.165, 1.54) is 32.1 Å². The molecule has 5 nitrogen and oxygen atoms in total. The number of rotatable bonds is 3. The predicted molar refractivity (Wildman–Crippen MR) is 81.9 cm³/mol. The molecule has 1 saturated carbocycles. The van der Waals surface area contributed by atoms with Crippen molar-refractivity contribution in [1.29, 1.82) is 0 Å². The van der Waals surface area contributed by atoms with Crippen molar-refractivity contribution in [2.75, 3.05) is 5.73 Å². The van der Waals surface area contributed by atoms with Crippen LogP contribution in [0.15, 0.2) is 22.7 Å². The molecule has 0 aliphatic heterocycles. The van der Waals surface area contributed by atoms with E-state index in [1.54, 1.807) is 0 Å². The van der Waals surface area contributed by atoms with Gasteiger partial charge in [0.15, 0.2) is 5.82 Å². The first kappa shape index (κ1) is 13.5. The average Bonchev–Trinajstić information content (AvgIpc) is 2.91. The highest BCUT2D eigenvalue weighted by atomic mass is 79.9. The molecule has 3 rings (SSSR count). The molecule has 0 amide bonds. The smallest absolute Gasteiger partial charge is 0.183 e. The van der Waals surface area contributed by atoms with Gasteiger partial charge in [-0.3, -0.25) is 0 Å². The third-order valence-electron chi connectivity index (χ3n) is 3.92. The van der Waals surface area contributed by atoms with Gasteiger partial charge in [0.05, 0.1) is 0 Å². The second kappa shape index (κ2) is 5.91. The molecule has 0 unspecified atom stereocenters. The average molecular weight is 336 g/mol. The molecule has 1 aromatic heterocycles. The van der Waals surface area contributed by atoms with Crippen molar-refractivity contribution >= 4 is 21.6 Å². The Bertz CT molecular complexity index is 589. The topological polar surface area (TPSA) is 69.6 Å². The number of hydrogen-bond donors (Lipinski definition) is 1. The molecular weight excluding hydrogens is 318 g/mol. The van der Waals surface area contributed by atoms with Crippen LogP contribution in [0, 0.1) is 5.92 Å². The number of nitrogens with zero attached hydrogens (tertiary/aromatic N) is 4. The molecule has 0 spiro atoms. The predicted octanol–water partition coefficient (Wildman–Crippen LogP) is 3.27. The number of benzene rings is 1. The van der Waals surface area contributed by atoms with Crippen LogP contribution in [0.4, 0.5) is 5.69 Å². The monoisotopic (exact) mass is 335 g/mol. The molecule has 0 saturated heterocycles. The van der Waals surface area contributed by atoms with Gasteiger partial charge in [0.25, 0.3) is 0 Å². The van der Waals surface area contributed by atoms with E-state index in [1.807, 2.05) is 22.9 Å². The van der Waals surface area contributed by atoms with Crippen molar-refractivity contribution in [3.8, 4) is 11.4 Å². The highest BCUT2D eigenvalue weighted by Gasteiger charge is 2.18. The van der Waals surface area contributed by atoms with Crippen LogP contribution in [-0.2, 0) is 6.54 Å². The summed E-state index contributed by atoms with van der Waals surface area (Å²) < 4.78 is 2.88. The summed E-state index contributed by atoms with van der Waals surface area (Å²) in [7, 11) is 0. The maximum atomic E-state index is 5.87. The number of nitrogen functional groups attached to an aromatic ring is 1. The molecule has 1 aliphatic carbocycles. The maximum Gasteiger partial charge on any atom is 0.183 e. The third kappa shape index (κ3) is 2.85. The van der Waals surface area contributed by atoms with Crippen molar-refractivity contribution in [3.63, 3.8) is 0 Å². The van der Waals surface area contributed by atoms with Gasteiger partial charge >= 0.3 is 0 Å². The number of anilines is 1. The second-order valence-electron chi connectivity index (χ2n) is 5.43. The molecule has 2 N–H and O–H groups in total. The molecule has 1 fully saturated rings. The van der Waals surface area contributed by atoms with Gasteiger partial charge in [-0.1, -0.05) is 35.2 Å². The number of tetrazole rings is 1. The summed E-state index contributed by atoms with van der Waals surface area (Å²) in [5.74, 6) is 1.47. The fourth-order valence-corrected chi connectivity index (χ4v) is 3.27. The van der Waals surface area contributed by atoms with Gasteiger partial charge in [0.1, 0.15) is 0 Å². The van der Waals surface area contributed by atoms with Gasteiger partial charge in [0, 0.05) is 22.3 Å². The lowest BCUT2D eigenvalue weighted by Crippen LogP contribution is -2.16. The van der Waals surface area contributed by atoms with E-state index in [-0.39, 0.29) is 0 Å². The summed E-state index contributed by atoms with van der Waals surface area (Å²) >= 11 is 3.55. The Morgan fingerprint density at radius 3 is 2.85 bits per heavy atom. The van der Waals surface area contributed by atoms with Crippen LogP contribution >= 0.6 is 15.9 Å². The van der Waals surface area contributed by atoms with E-state index < -0.39 is 0 Å². The molecule has 6 heteroatoms. The Kier molecular flexibility index (Phi) is 4.00. The Morgan fingerprint density at radius 2 is 2.05 bits per heavy atom. The maximum absolute atomic E-state index is 5.87. The summed E-state index contributed by atoms with van der Waals surface area (Å²) in [5.41, 5.74) is 7.54. The van der Waals surface area contributed by atoms with Crippen LogP contribution in [-0.4, -0.2) is 20.2 Å². The molecule has 0 bridgehead atoms. The first-order valence-electron chi connectivity index (χ1n) is 7.05. The van der Waals surface area contributed by atoms with E-state index in [0.29, 0.717) is 5.92 Å². The van der Waals surface area contributed by atoms with Crippen molar-refractivity contribution in [2.45, 2.75) is 38.6 Å². The SMILES string of the molecule is Nc1ccc(Br)c(-c2nnnn2CC2CCCCC2)c1. The summed E-state index contributed by atoms with van der Waals surface area (Å²) in [6, 6.07) is 5.71. The minimum absolute atomic E-state index is 0.686. The van der Waals surface area contributed by atoms with E-state index in [0.717, 1.165) is 28.1 Å². The number of halogens is 1. The largest absolute Gasteiger partial charge is 0.399 e. The van der Waals surface area contributed by atoms with Crippen molar-refractivity contribution in [1.82, 2.24) is 20.2 Å². The fraction of sp³-hybridized carbons (Fsp3) is 0.500. The van der Waals surface area contributed by atoms with Gasteiger partial charge in [-0.25, -0.2) is 4.68 Å². The van der Waals surface area contributed by atoms with Gasteiger partial charge in [0.2, 0.25) is 0 Å². The summed E-state index contributed by atoms with van der Waals surface area (Å²) in [4.78, 5) is 0. The van der Waals surface area contributed by atoms with Crippen LogP contribution in [0.2, 0.25) is 0 Å². The van der Waals surface area contributed by atoms with Crippen LogP contribution in [0.3, 0.4) is 0 Å². The minimum atomic E-state index is 0.686. The highest BCUT2D eigenvalue weighted by Crippen LogP contribution is 2.30. The number of aromatic nitrogens is 4. The zero-order valence-electron chi connectivity index (χ0n) is 11.3. The van der Waals surface area contributed by atoms with Crippen molar-refractivity contribution < 1.29 is 0 Å².